The molecule has 7 heteroatoms. The van der Waals surface area contributed by atoms with Gasteiger partial charge in [0, 0.05) is 17.5 Å². The predicted molar refractivity (Wildman–Crippen MR) is 137 cm³/mol. The van der Waals surface area contributed by atoms with E-state index in [1.807, 2.05) is 72.7 Å². The van der Waals surface area contributed by atoms with Crippen molar-refractivity contribution < 1.29 is 19.1 Å². The van der Waals surface area contributed by atoms with Crippen LogP contribution in [-0.2, 0) is 29.1 Å². The van der Waals surface area contributed by atoms with Crippen molar-refractivity contribution in [2.75, 3.05) is 13.3 Å². The molecule has 35 heavy (non-hydrogen) atoms. The number of aryl methyl sites for hydroxylation is 1. The molecule has 0 spiro atoms. The average molecular weight is 493 g/mol. The minimum atomic E-state index is -0.0721. The molecule has 1 aliphatic rings. The molecule has 2 aromatic carbocycles. The lowest BCUT2D eigenvalue weighted by Gasteiger charge is -2.31. The van der Waals surface area contributed by atoms with E-state index in [1.165, 1.54) is 0 Å². The zero-order valence-electron chi connectivity index (χ0n) is 20.5. The SMILES string of the molecule is CC[C@@H](C)N(CC(=O)N(Cc1ccc2c(c1)OCO2)Cc1sccc1C)C(=O)Cc1ccccc1. The summed E-state index contributed by atoms with van der Waals surface area (Å²) in [5, 5.41) is 2.04. The quantitative estimate of drug-likeness (QED) is 0.391. The third-order valence-electron chi connectivity index (χ3n) is 6.41. The molecule has 6 nitrogen and oxygen atoms in total. The molecule has 184 valence electrons. The maximum absolute atomic E-state index is 13.7. The molecule has 2 amide bonds. The summed E-state index contributed by atoms with van der Waals surface area (Å²) in [6.45, 7) is 7.29. The third-order valence-corrected chi connectivity index (χ3v) is 7.42. The van der Waals surface area contributed by atoms with Crippen molar-refractivity contribution in [1.29, 1.82) is 0 Å². The first-order chi connectivity index (χ1) is 16.9. The van der Waals surface area contributed by atoms with E-state index in [-0.39, 0.29) is 37.6 Å². The Labute approximate surface area is 211 Å². The number of hydrogen-bond donors (Lipinski definition) is 0. The fourth-order valence-electron chi connectivity index (χ4n) is 4.06. The van der Waals surface area contributed by atoms with Crippen LogP contribution >= 0.6 is 11.3 Å². The highest BCUT2D eigenvalue weighted by atomic mass is 32.1. The number of thiophene rings is 1. The van der Waals surface area contributed by atoms with Gasteiger partial charge in [0.1, 0.15) is 6.54 Å². The van der Waals surface area contributed by atoms with Crippen LogP contribution in [0.25, 0.3) is 0 Å². The minimum Gasteiger partial charge on any atom is -0.454 e. The summed E-state index contributed by atoms with van der Waals surface area (Å²) >= 11 is 1.64. The summed E-state index contributed by atoms with van der Waals surface area (Å²) < 4.78 is 11.0. The van der Waals surface area contributed by atoms with Crippen LogP contribution in [0.4, 0.5) is 0 Å². The number of ether oxygens (including phenoxy) is 2. The van der Waals surface area contributed by atoms with Crippen LogP contribution in [0.5, 0.6) is 11.5 Å². The molecule has 1 aliphatic heterocycles. The lowest BCUT2D eigenvalue weighted by Crippen LogP contribution is -2.46. The standard InChI is InChI=1S/C28H32N2O4S/c1-4-21(3)30(27(31)15-22-8-6-5-7-9-22)18-28(32)29(17-26-20(2)12-13-35-26)16-23-10-11-24-25(14-23)34-19-33-24/h5-14,21H,4,15-19H2,1-3H3/t21-/m1/s1. The lowest BCUT2D eigenvalue weighted by atomic mass is 10.1. The van der Waals surface area contributed by atoms with Gasteiger partial charge < -0.3 is 19.3 Å². The number of carbonyl (C=O) groups excluding carboxylic acids is 2. The number of benzene rings is 2. The highest BCUT2D eigenvalue weighted by Gasteiger charge is 2.26. The Bertz CT molecular complexity index is 1160. The Morgan fingerprint density at radius 1 is 0.971 bits per heavy atom. The Morgan fingerprint density at radius 3 is 2.46 bits per heavy atom. The fraction of sp³-hybridized carbons (Fsp3) is 0.357. The maximum Gasteiger partial charge on any atom is 0.242 e. The Morgan fingerprint density at radius 2 is 1.74 bits per heavy atom. The topological polar surface area (TPSA) is 59.1 Å². The van der Waals surface area contributed by atoms with E-state index in [9.17, 15) is 9.59 Å². The number of hydrogen-bond acceptors (Lipinski definition) is 5. The average Bonchev–Trinajstić information content (AvgIpc) is 3.50. The Kier molecular flexibility index (Phi) is 8.08. The van der Waals surface area contributed by atoms with Crippen LogP contribution in [0.1, 0.15) is 41.8 Å². The van der Waals surface area contributed by atoms with Gasteiger partial charge in [0.05, 0.1) is 13.0 Å². The van der Waals surface area contributed by atoms with E-state index in [2.05, 4.69) is 13.0 Å². The van der Waals surface area contributed by atoms with Crippen LogP contribution in [0.3, 0.4) is 0 Å². The number of nitrogens with zero attached hydrogens (tertiary/aromatic N) is 2. The van der Waals surface area contributed by atoms with Gasteiger partial charge in [-0.15, -0.1) is 11.3 Å². The van der Waals surface area contributed by atoms with E-state index in [4.69, 9.17) is 9.47 Å². The first-order valence-corrected chi connectivity index (χ1v) is 12.8. The van der Waals surface area contributed by atoms with Crippen molar-refractivity contribution >= 4 is 23.2 Å². The van der Waals surface area contributed by atoms with Crippen LogP contribution in [0.2, 0.25) is 0 Å². The van der Waals surface area contributed by atoms with Crippen LogP contribution in [-0.4, -0.2) is 41.0 Å². The van der Waals surface area contributed by atoms with Gasteiger partial charge in [-0.2, -0.15) is 0 Å². The van der Waals surface area contributed by atoms with Crippen molar-refractivity contribution in [3.8, 4) is 11.5 Å². The van der Waals surface area contributed by atoms with Gasteiger partial charge in [-0.1, -0.05) is 43.3 Å². The van der Waals surface area contributed by atoms with Gasteiger partial charge >= 0.3 is 0 Å². The summed E-state index contributed by atoms with van der Waals surface area (Å²) in [6, 6.07) is 17.5. The molecule has 0 aliphatic carbocycles. The van der Waals surface area contributed by atoms with Gasteiger partial charge in [0.25, 0.3) is 0 Å². The monoisotopic (exact) mass is 492 g/mol. The molecule has 2 heterocycles. The predicted octanol–water partition coefficient (Wildman–Crippen LogP) is 5.18. The van der Waals surface area contributed by atoms with Gasteiger partial charge in [-0.3, -0.25) is 9.59 Å². The molecule has 1 atom stereocenters. The summed E-state index contributed by atoms with van der Waals surface area (Å²) in [6.07, 6.45) is 1.06. The molecule has 0 saturated heterocycles. The van der Waals surface area contributed by atoms with E-state index in [0.717, 1.165) is 33.7 Å². The van der Waals surface area contributed by atoms with Gasteiger partial charge in [0.15, 0.2) is 11.5 Å². The fourth-order valence-corrected chi connectivity index (χ4v) is 4.98. The summed E-state index contributed by atoms with van der Waals surface area (Å²) in [7, 11) is 0. The van der Waals surface area contributed by atoms with Crippen LogP contribution < -0.4 is 9.47 Å². The van der Waals surface area contributed by atoms with Crippen molar-refractivity contribution in [2.24, 2.45) is 0 Å². The highest BCUT2D eigenvalue weighted by molar-refractivity contribution is 7.10. The number of rotatable bonds is 10. The highest BCUT2D eigenvalue weighted by Crippen LogP contribution is 2.33. The van der Waals surface area contributed by atoms with Gasteiger partial charge in [-0.05, 0) is 60.5 Å². The second-order valence-corrected chi connectivity index (χ2v) is 9.91. The lowest BCUT2D eigenvalue weighted by molar-refractivity contribution is -0.142. The first kappa shape index (κ1) is 24.8. The van der Waals surface area contributed by atoms with E-state index >= 15 is 0 Å². The van der Waals surface area contributed by atoms with E-state index in [1.54, 1.807) is 16.2 Å². The molecule has 0 fully saturated rings. The zero-order chi connectivity index (χ0) is 24.8. The third kappa shape index (κ3) is 6.22. The second-order valence-electron chi connectivity index (χ2n) is 8.91. The van der Waals surface area contributed by atoms with Crippen molar-refractivity contribution in [1.82, 2.24) is 9.80 Å². The van der Waals surface area contributed by atoms with Gasteiger partial charge in [0.2, 0.25) is 18.6 Å². The number of amides is 2. The number of carbonyl (C=O) groups is 2. The van der Waals surface area contributed by atoms with E-state index < -0.39 is 0 Å². The van der Waals surface area contributed by atoms with Crippen molar-refractivity contribution in [2.45, 2.75) is 52.7 Å². The first-order valence-electron chi connectivity index (χ1n) is 12.0. The molecular formula is C28H32N2O4S. The minimum absolute atomic E-state index is 0.0331. The molecule has 4 rings (SSSR count). The summed E-state index contributed by atoms with van der Waals surface area (Å²) in [5.74, 6) is 1.31. The van der Waals surface area contributed by atoms with Gasteiger partial charge in [-0.25, -0.2) is 0 Å². The molecular weight excluding hydrogens is 460 g/mol. The Balaban J connectivity index is 1.54. The zero-order valence-corrected chi connectivity index (χ0v) is 21.3. The molecule has 0 bridgehead atoms. The number of fused-ring (bicyclic) bond motifs is 1. The second kappa shape index (κ2) is 11.4. The smallest absolute Gasteiger partial charge is 0.242 e. The van der Waals surface area contributed by atoms with Crippen molar-refractivity contribution in [3.05, 3.63) is 81.5 Å². The molecule has 0 radical (unpaired) electrons. The Hall–Kier alpha value is -3.32. The van der Waals surface area contributed by atoms with Crippen LogP contribution in [0.15, 0.2) is 60.0 Å². The van der Waals surface area contributed by atoms with Crippen molar-refractivity contribution in [3.63, 3.8) is 0 Å². The van der Waals surface area contributed by atoms with E-state index in [0.29, 0.717) is 18.8 Å². The molecule has 1 aromatic heterocycles. The molecule has 0 N–H and O–H groups in total. The normalized spacial score (nSPS) is 12.9. The van der Waals surface area contributed by atoms with Crippen LogP contribution in [0, 0.1) is 6.92 Å². The molecule has 3 aromatic rings. The maximum atomic E-state index is 13.7. The summed E-state index contributed by atoms with van der Waals surface area (Å²) in [5.41, 5.74) is 3.07. The molecule has 0 saturated carbocycles. The largest absolute Gasteiger partial charge is 0.454 e. The summed E-state index contributed by atoms with van der Waals surface area (Å²) in [4.78, 5) is 31.6. The molecule has 0 unspecified atom stereocenters.